The predicted molar refractivity (Wildman–Crippen MR) is 129 cm³/mol. The zero-order valence-electron chi connectivity index (χ0n) is 19.6. The van der Waals surface area contributed by atoms with Gasteiger partial charge in [-0.25, -0.2) is 0 Å². The third-order valence-electron chi connectivity index (χ3n) is 5.94. The lowest BCUT2D eigenvalue weighted by Crippen LogP contribution is -2.25. The van der Waals surface area contributed by atoms with E-state index in [2.05, 4.69) is 41.1 Å². The smallest absolute Gasteiger partial charge is 0.277 e. The molecule has 2 aromatic carbocycles. The number of benzene rings is 2. The van der Waals surface area contributed by atoms with E-state index in [-0.39, 0.29) is 11.2 Å². The number of ketones is 1. The maximum Gasteiger partial charge on any atom is 0.277 e. The minimum atomic E-state index is -0.392. The Balaban J connectivity index is 1.52. The second kappa shape index (κ2) is 8.94. The molecule has 1 aliphatic rings. The molecule has 0 saturated heterocycles. The SMILES string of the molecule is COc1ccc(-c2nnc(SC(C)C(=O)/C=C3/N(C)c4ccccc4C3(C)C)o2)c(OC)c1. The molecule has 0 N–H and O–H groups in total. The summed E-state index contributed by atoms with van der Waals surface area (Å²) in [5, 5.41) is 8.18. The molecule has 4 rings (SSSR count). The number of carbonyl (C=O) groups excluding carboxylic acids is 1. The highest BCUT2D eigenvalue weighted by Crippen LogP contribution is 2.46. The average molecular weight is 466 g/mol. The summed E-state index contributed by atoms with van der Waals surface area (Å²) in [6, 6.07) is 13.6. The van der Waals surface area contributed by atoms with Crippen molar-refractivity contribution in [1.82, 2.24) is 10.2 Å². The number of rotatable bonds is 7. The number of thioether (sulfide) groups is 1. The Morgan fingerprint density at radius 3 is 2.61 bits per heavy atom. The van der Waals surface area contributed by atoms with Crippen LogP contribution >= 0.6 is 11.8 Å². The molecule has 0 spiro atoms. The van der Waals surface area contributed by atoms with Crippen LogP contribution in [0.25, 0.3) is 11.5 Å². The first-order chi connectivity index (χ1) is 15.8. The second-order valence-corrected chi connectivity index (χ2v) is 9.62. The van der Waals surface area contributed by atoms with Crippen LogP contribution in [0, 0.1) is 0 Å². The normalized spacial score (nSPS) is 16.5. The zero-order chi connectivity index (χ0) is 23.8. The topological polar surface area (TPSA) is 77.7 Å². The fraction of sp³-hybridized carbons (Fsp3) is 0.320. The van der Waals surface area contributed by atoms with E-state index < -0.39 is 5.25 Å². The Morgan fingerprint density at radius 1 is 1.15 bits per heavy atom. The van der Waals surface area contributed by atoms with Gasteiger partial charge in [0.2, 0.25) is 0 Å². The van der Waals surface area contributed by atoms with Crippen molar-refractivity contribution in [2.24, 2.45) is 0 Å². The molecule has 7 nitrogen and oxygen atoms in total. The molecule has 33 heavy (non-hydrogen) atoms. The van der Waals surface area contributed by atoms with Crippen molar-refractivity contribution >= 4 is 23.2 Å². The maximum atomic E-state index is 13.1. The number of methoxy groups -OCH3 is 2. The number of ether oxygens (including phenoxy) is 2. The van der Waals surface area contributed by atoms with Crippen molar-refractivity contribution in [3.8, 4) is 23.0 Å². The molecule has 0 amide bonds. The number of aromatic nitrogens is 2. The molecule has 3 aromatic rings. The Hall–Kier alpha value is -3.26. The number of para-hydroxylation sites is 1. The van der Waals surface area contributed by atoms with Crippen LogP contribution < -0.4 is 14.4 Å². The van der Waals surface area contributed by atoms with Crippen LogP contribution in [0.4, 0.5) is 5.69 Å². The minimum absolute atomic E-state index is 0.00971. The van der Waals surface area contributed by atoms with Gasteiger partial charge in [-0.05, 0) is 30.7 Å². The van der Waals surface area contributed by atoms with E-state index in [4.69, 9.17) is 13.9 Å². The van der Waals surface area contributed by atoms with Gasteiger partial charge in [0.15, 0.2) is 5.78 Å². The van der Waals surface area contributed by atoms with Gasteiger partial charge in [-0.2, -0.15) is 0 Å². The van der Waals surface area contributed by atoms with Gasteiger partial charge in [0.1, 0.15) is 11.5 Å². The molecule has 1 aromatic heterocycles. The van der Waals surface area contributed by atoms with E-state index in [9.17, 15) is 4.79 Å². The highest BCUT2D eigenvalue weighted by atomic mass is 32.2. The van der Waals surface area contributed by atoms with Crippen LogP contribution in [0.1, 0.15) is 26.3 Å². The number of hydrogen-bond donors (Lipinski definition) is 0. The fourth-order valence-corrected chi connectivity index (χ4v) is 4.76. The Bertz CT molecular complexity index is 1220. The number of allylic oxidation sites excluding steroid dienone is 2. The van der Waals surface area contributed by atoms with E-state index in [1.54, 1.807) is 38.5 Å². The van der Waals surface area contributed by atoms with Crippen LogP contribution in [0.2, 0.25) is 0 Å². The summed E-state index contributed by atoms with van der Waals surface area (Å²) in [7, 11) is 5.15. The summed E-state index contributed by atoms with van der Waals surface area (Å²) in [4.78, 5) is 15.2. The molecule has 2 heterocycles. The fourth-order valence-electron chi connectivity index (χ4n) is 4.06. The summed E-state index contributed by atoms with van der Waals surface area (Å²) in [6.07, 6.45) is 1.74. The first kappa shape index (κ1) is 22.9. The summed E-state index contributed by atoms with van der Waals surface area (Å²) in [5.74, 6) is 1.54. The first-order valence-electron chi connectivity index (χ1n) is 10.6. The van der Waals surface area contributed by atoms with Crippen LogP contribution in [0.3, 0.4) is 0 Å². The molecule has 0 fully saturated rings. The third-order valence-corrected chi connectivity index (χ3v) is 6.90. The predicted octanol–water partition coefficient (Wildman–Crippen LogP) is 5.12. The number of likely N-dealkylation sites (N-methyl/N-ethyl adjacent to an activating group) is 1. The highest BCUT2D eigenvalue weighted by molar-refractivity contribution is 8.00. The van der Waals surface area contributed by atoms with E-state index in [0.29, 0.717) is 28.2 Å². The van der Waals surface area contributed by atoms with Crippen molar-refractivity contribution in [2.75, 3.05) is 26.2 Å². The highest BCUT2D eigenvalue weighted by Gasteiger charge is 2.38. The minimum Gasteiger partial charge on any atom is -0.497 e. The summed E-state index contributed by atoms with van der Waals surface area (Å²) in [5.41, 5.74) is 3.70. The lowest BCUT2D eigenvalue weighted by molar-refractivity contribution is -0.114. The van der Waals surface area contributed by atoms with Crippen molar-refractivity contribution < 1.29 is 18.7 Å². The summed E-state index contributed by atoms with van der Waals surface area (Å²) < 4.78 is 16.5. The Kier molecular flexibility index (Phi) is 6.21. The number of anilines is 1. The monoisotopic (exact) mass is 465 g/mol. The average Bonchev–Trinajstić information content (AvgIpc) is 3.35. The van der Waals surface area contributed by atoms with Gasteiger partial charge in [0.25, 0.3) is 11.1 Å². The standard InChI is InChI=1S/C25H27N3O4S/c1-15(20(29)14-22-25(2,3)18-9-7-8-10-19(18)28(22)4)33-24-27-26-23(32-24)17-12-11-16(30-5)13-21(17)31-6/h7-15H,1-6H3/b22-14+. The molecular weight excluding hydrogens is 438 g/mol. The molecule has 8 heteroatoms. The third kappa shape index (κ3) is 4.23. The van der Waals surface area contributed by atoms with E-state index in [1.807, 2.05) is 26.1 Å². The molecule has 0 aliphatic carbocycles. The first-order valence-corrected chi connectivity index (χ1v) is 11.5. The molecule has 1 aliphatic heterocycles. The van der Waals surface area contributed by atoms with Crippen LogP contribution in [0.15, 0.2) is 63.9 Å². The van der Waals surface area contributed by atoms with Gasteiger partial charge in [0.05, 0.1) is 25.0 Å². The van der Waals surface area contributed by atoms with Crippen molar-refractivity contribution in [3.05, 3.63) is 59.8 Å². The summed E-state index contributed by atoms with van der Waals surface area (Å²) >= 11 is 1.24. The quantitative estimate of drug-likeness (QED) is 0.352. The second-order valence-electron chi connectivity index (χ2n) is 8.33. The van der Waals surface area contributed by atoms with Crippen molar-refractivity contribution in [3.63, 3.8) is 0 Å². The Labute approximate surface area is 197 Å². The van der Waals surface area contributed by atoms with E-state index >= 15 is 0 Å². The van der Waals surface area contributed by atoms with Crippen LogP contribution in [0.5, 0.6) is 11.5 Å². The maximum absolute atomic E-state index is 13.1. The van der Waals surface area contributed by atoms with Gasteiger partial charge < -0.3 is 18.8 Å². The van der Waals surface area contributed by atoms with Gasteiger partial charge in [-0.3, -0.25) is 4.79 Å². The van der Waals surface area contributed by atoms with E-state index in [1.165, 1.54) is 17.3 Å². The lowest BCUT2D eigenvalue weighted by Gasteiger charge is -2.24. The van der Waals surface area contributed by atoms with Gasteiger partial charge in [-0.15, -0.1) is 10.2 Å². The number of hydrogen-bond acceptors (Lipinski definition) is 8. The molecule has 0 bridgehead atoms. The molecule has 0 radical (unpaired) electrons. The van der Waals surface area contributed by atoms with Gasteiger partial charge >= 0.3 is 0 Å². The number of fused-ring (bicyclic) bond motifs is 1. The van der Waals surface area contributed by atoms with E-state index in [0.717, 1.165) is 11.4 Å². The van der Waals surface area contributed by atoms with Crippen molar-refractivity contribution in [1.29, 1.82) is 0 Å². The molecule has 172 valence electrons. The Morgan fingerprint density at radius 2 is 1.91 bits per heavy atom. The van der Waals surface area contributed by atoms with Gasteiger partial charge in [-0.1, -0.05) is 43.8 Å². The van der Waals surface area contributed by atoms with Crippen LogP contribution in [-0.2, 0) is 10.2 Å². The lowest BCUT2D eigenvalue weighted by atomic mass is 9.83. The van der Waals surface area contributed by atoms with Gasteiger partial charge in [0, 0.05) is 36.0 Å². The largest absolute Gasteiger partial charge is 0.497 e. The number of nitrogens with zero attached hydrogens (tertiary/aromatic N) is 3. The summed E-state index contributed by atoms with van der Waals surface area (Å²) in [6.45, 7) is 6.12. The molecular formula is C25H27N3O4S. The number of carbonyl (C=O) groups is 1. The molecule has 1 unspecified atom stereocenters. The zero-order valence-corrected chi connectivity index (χ0v) is 20.4. The molecule has 0 saturated carbocycles. The van der Waals surface area contributed by atoms with Crippen molar-refractivity contribution in [2.45, 2.75) is 36.7 Å². The van der Waals surface area contributed by atoms with Crippen LogP contribution in [-0.4, -0.2) is 42.5 Å². The molecule has 1 atom stereocenters.